The van der Waals surface area contributed by atoms with Crippen molar-refractivity contribution in [2.75, 3.05) is 26.9 Å². The molecule has 9 heteroatoms. The Balaban J connectivity index is 3.27. The lowest BCUT2D eigenvalue weighted by Gasteiger charge is -2.45. The van der Waals surface area contributed by atoms with Gasteiger partial charge in [-0.05, 0) is 78.5 Å². The predicted octanol–water partition coefficient (Wildman–Crippen LogP) is 10.4. The monoisotopic (exact) mass is 706 g/mol. The van der Waals surface area contributed by atoms with Crippen LogP contribution >= 0.6 is 0 Å². The van der Waals surface area contributed by atoms with Crippen LogP contribution in [0.3, 0.4) is 0 Å². The van der Waals surface area contributed by atoms with Gasteiger partial charge in [-0.3, -0.25) is 0 Å². The van der Waals surface area contributed by atoms with E-state index in [0.29, 0.717) is 32.8 Å². The molecular formula is C38H70O6Si3. The fourth-order valence-electron chi connectivity index (χ4n) is 3.95. The number of benzene rings is 1. The highest BCUT2D eigenvalue weighted by atomic mass is 28.4. The first kappa shape index (κ1) is 43.8. The second-order valence-corrected chi connectivity index (χ2v) is 31.5. The summed E-state index contributed by atoms with van der Waals surface area (Å²) in [4.78, 5) is 0. The maximum atomic E-state index is 7.12. The van der Waals surface area contributed by atoms with E-state index >= 15 is 0 Å². The van der Waals surface area contributed by atoms with Gasteiger partial charge < -0.3 is 27.5 Å². The average Bonchev–Trinajstić information content (AvgIpc) is 2.93. The van der Waals surface area contributed by atoms with Gasteiger partial charge in [0.25, 0.3) is 0 Å². The lowest BCUT2D eigenvalue weighted by atomic mass is 10.1. The Labute approximate surface area is 293 Å². The Morgan fingerprint density at radius 1 is 0.745 bits per heavy atom. The molecule has 6 nitrogen and oxygen atoms in total. The third-order valence-electron chi connectivity index (χ3n) is 10.3. The van der Waals surface area contributed by atoms with Crippen molar-refractivity contribution in [2.24, 2.45) is 0 Å². The molecule has 0 fully saturated rings. The van der Waals surface area contributed by atoms with Crippen molar-refractivity contribution in [1.29, 1.82) is 0 Å². The fraction of sp³-hybridized carbons (Fsp3) is 0.737. The van der Waals surface area contributed by atoms with Gasteiger partial charge in [0.05, 0.1) is 25.9 Å². The second-order valence-electron chi connectivity index (χ2n) is 17.2. The van der Waals surface area contributed by atoms with Crippen molar-refractivity contribution in [1.82, 2.24) is 0 Å². The Kier molecular flexibility index (Phi) is 16.9. The van der Waals surface area contributed by atoms with Crippen LogP contribution < -0.4 is 4.74 Å². The lowest BCUT2D eigenvalue weighted by Crippen LogP contribution is -2.53. The highest BCUT2D eigenvalue weighted by Crippen LogP contribution is 2.41. The molecule has 1 aromatic rings. The van der Waals surface area contributed by atoms with Gasteiger partial charge in [-0.15, -0.1) is 6.58 Å². The molecule has 47 heavy (non-hydrogen) atoms. The Morgan fingerprint density at radius 3 is 1.77 bits per heavy atom. The van der Waals surface area contributed by atoms with Gasteiger partial charge in [0, 0.05) is 19.6 Å². The Bertz CT molecular complexity index is 1130. The zero-order chi connectivity index (χ0) is 36.3. The molecule has 0 aromatic heterocycles. The van der Waals surface area contributed by atoms with E-state index in [0.717, 1.165) is 17.7 Å². The van der Waals surface area contributed by atoms with E-state index in [1.165, 1.54) is 0 Å². The molecule has 1 aromatic carbocycles. The van der Waals surface area contributed by atoms with Crippen LogP contribution in [0.5, 0.6) is 5.75 Å². The van der Waals surface area contributed by atoms with Crippen LogP contribution in [-0.2, 0) is 29.4 Å². The minimum atomic E-state index is -2.20. The molecule has 0 N–H and O–H groups in total. The van der Waals surface area contributed by atoms with Gasteiger partial charge in [0.1, 0.15) is 18.5 Å². The Hall–Kier alpha value is -1.23. The fourth-order valence-corrected chi connectivity index (χ4v) is 7.63. The summed E-state index contributed by atoms with van der Waals surface area (Å²) in [6.07, 6.45) is 2.22. The third-order valence-corrected chi connectivity index (χ3v) is 23.8. The van der Waals surface area contributed by atoms with Crippen LogP contribution in [0, 0.1) is 11.8 Å². The van der Waals surface area contributed by atoms with Gasteiger partial charge >= 0.3 is 0 Å². The van der Waals surface area contributed by atoms with Crippen molar-refractivity contribution < 1.29 is 27.5 Å². The van der Waals surface area contributed by atoms with E-state index in [4.69, 9.17) is 27.5 Å². The lowest BCUT2D eigenvalue weighted by molar-refractivity contribution is -0.0769. The van der Waals surface area contributed by atoms with Crippen molar-refractivity contribution in [3.63, 3.8) is 0 Å². The first-order chi connectivity index (χ1) is 21.4. The largest absolute Gasteiger partial charge is 0.497 e. The average molecular weight is 707 g/mol. The molecule has 0 spiro atoms. The number of hydrogen-bond donors (Lipinski definition) is 0. The predicted molar refractivity (Wildman–Crippen MR) is 207 cm³/mol. The molecule has 0 bridgehead atoms. The van der Waals surface area contributed by atoms with Crippen LogP contribution in [0.25, 0.3) is 0 Å². The molecular weight excluding hydrogens is 637 g/mol. The number of methoxy groups -OCH3 is 1. The summed E-state index contributed by atoms with van der Waals surface area (Å²) in [5.41, 5.74) is 1.08. The summed E-state index contributed by atoms with van der Waals surface area (Å²) in [5, 5.41) is 0.221. The standard InChI is InChI=1S/C38H70O6Si3/c1-18-33(43-46(14,15)37(5,6)7)35(41-28-21-29-42-45(12,13)36(2,3)4)34(44-47(16,17)38(8,9)10)22-19-20-27-40-30-31-23-25-32(39-11)26-24-31/h18,23-26,33-35H,1,21-22,27-30H2,2-17H3/t33-,34-,35+/m1/s1. The second kappa shape index (κ2) is 18.1. The van der Waals surface area contributed by atoms with E-state index in [2.05, 4.69) is 120 Å². The van der Waals surface area contributed by atoms with Crippen LogP contribution in [-0.4, -0.2) is 70.2 Å². The van der Waals surface area contributed by atoms with Crippen molar-refractivity contribution in [3.8, 4) is 17.6 Å². The SMILES string of the molecule is C=C[C@@H](O[Si](C)(C)C(C)(C)C)[C@H](OCCCO[Si](C)(C)C(C)(C)C)[C@@H](CC#CCOCc1ccc(OC)cc1)O[Si](C)(C)C(C)(C)C. The van der Waals surface area contributed by atoms with Crippen LogP contribution in [0.15, 0.2) is 36.9 Å². The molecule has 0 radical (unpaired) electrons. The minimum Gasteiger partial charge on any atom is -0.497 e. The van der Waals surface area contributed by atoms with Crippen molar-refractivity contribution in [3.05, 3.63) is 42.5 Å². The zero-order valence-corrected chi connectivity index (χ0v) is 36.0. The van der Waals surface area contributed by atoms with E-state index in [1.807, 2.05) is 30.3 Å². The van der Waals surface area contributed by atoms with E-state index < -0.39 is 25.0 Å². The van der Waals surface area contributed by atoms with Crippen molar-refractivity contribution in [2.45, 2.75) is 154 Å². The van der Waals surface area contributed by atoms with E-state index in [9.17, 15) is 0 Å². The quantitative estimate of drug-likeness (QED) is 0.0656. The zero-order valence-electron chi connectivity index (χ0n) is 33.0. The number of rotatable bonds is 18. The van der Waals surface area contributed by atoms with Gasteiger partial charge in [-0.2, -0.15) is 0 Å². The number of hydrogen-bond acceptors (Lipinski definition) is 6. The molecule has 3 atom stereocenters. The van der Waals surface area contributed by atoms with Crippen LogP contribution in [0.1, 0.15) is 80.7 Å². The van der Waals surface area contributed by atoms with Crippen LogP contribution in [0.4, 0.5) is 0 Å². The molecule has 0 amide bonds. The summed E-state index contributed by atoms with van der Waals surface area (Å²) >= 11 is 0. The van der Waals surface area contributed by atoms with Gasteiger partial charge in [-0.25, -0.2) is 0 Å². The maximum absolute atomic E-state index is 7.12. The Morgan fingerprint density at radius 2 is 1.28 bits per heavy atom. The van der Waals surface area contributed by atoms with Gasteiger partial charge in [0.15, 0.2) is 25.0 Å². The third kappa shape index (κ3) is 14.3. The molecule has 0 saturated heterocycles. The molecule has 270 valence electrons. The van der Waals surface area contributed by atoms with Crippen molar-refractivity contribution >= 4 is 25.0 Å². The maximum Gasteiger partial charge on any atom is 0.193 e. The summed E-state index contributed by atoms with van der Waals surface area (Å²) < 4.78 is 38.5. The van der Waals surface area contributed by atoms with Crippen LogP contribution in [0.2, 0.25) is 54.4 Å². The summed E-state index contributed by atoms with van der Waals surface area (Å²) in [6.45, 7) is 40.3. The summed E-state index contributed by atoms with van der Waals surface area (Å²) in [7, 11) is -4.53. The molecule has 0 aliphatic rings. The molecule has 0 aliphatic carbocycles. The van der Waals surface area contributed by atoms with E-state index in [1.54, 1.807) is 7.11 Å². The minimum absolute atomic E-state index is 0.0195. The first-order valence-corrected chi connectivity index (χ1v) is 26.0. The van der Waals surface area contributed by atoms with Gasteiger partial charge in [-0.1, -0.05) is 92.4 Å². The highest BCUT2D eigenvalue weighted by molar-refractivity contribution is 6.75. The highest BCUT2D eigenvalue weighted by Gasteiger charge is 2.45. The number of ether oxygens (including phenoxy) is 3. The van der Waals surface area contributed by atoms with E-state index in [-0.39, 0.29) is 33.4 Å². The first-order valence-electron chi connectivity index (χ1n) is 17.3. The summed E-state index contributed by atoms with van der Waals surface area (Å²) in [6, 6.07) is 7.89. The molecule has 1 rings (SSSR count). The molecule has 0 heterocycles. The molecule has 0 unspecified atom stereocenters. The molecule has 0 aliphatic heterocycles. The normalized spacial score (nSPS) is 15.4. The topological polar surface area (TPSA) is 55.4 Å². The smallest absolute Gasteiger partial charge is 0.193 e. The molecule has 0 saturated carbocycles. The summed E-state index contributed by atoms with van der Waals surface area (Å²) in [5.74, 6) is 7.44. The van der Waals surface area contributed by atoms with Gasteiger partial charge in [0.2, 0.25) is 0 Å².